The molecule has 2 amide bonds. The molecule has 0 aromatic heterocycles. The lowest BCUT2D eigenvalue weighted by molar-refractivity contribution is 0.0976. The summed E-state index contributed by atoms with van der Waals surface area (Å²) in [6.45, 7) is 6.48. The van der Waals surface area contributed by atoms with Gasteiger partial charge in [0.05, 0.1) is 21.4 Å². The van der Waals surface area contributed by atoms with Crippen LogP contribution in [0.5, 0.6) is 0 Å². The zero-order valence-electron chi connectivity index (χ0n) is 21.6. The number of piperazine rings is 1. The van der Waals surface area contributed by atoms with Crippen LogP contribution in [0.15, 0.2) is 53.4 Å². The molecule has 1 saturated heterocycles. The predicted molar refractivity (Wildman–Crippen MR) is 148 cm³/mol. The van der Waals surface area contributed by atoms with Gasteiger partial charge in [-0.2, -0.15) is 0 Å². The number of para-hydroxylation sites is 1. The summed E-state index contributed by atoms with van der Waals surface area (Å²) in [5.74, 6) is 0.0255. The van der Waals surface area contributed by atoms with E-state index in [-0.39, 0.29) is 5.78 Å². The van der Waals surface area contributed by atoms with Gasteiger partial charge in [-0.05, 0) is 43.5 Å². The van der Waals surface area contributed by atoms with E-state index in [0.717, 1.165) is 45.4 Å². The average molecular weight is 513 g/mol. The predicted octanol–water partition coefficient (Wildman–Crippen LogP) is 5.04. The minimum atomic E-state index is -1.30. The molecule has 1 fully saturated rings. The maximum absolute atomic E-state index is 12.8. The van der Waals surface area contributed by atoms with Gasteiger partial charge in [0.1, 0.15) is 0 Å². The molecule has 3 rings (SSSR count). The summed E-state index contributed by atoms with van der Waals surface area (Å²) in [4.78, 5) is 29.7. The maximum Gasteiger partial charge on any atom is 0.316 e. The third-order valence-electron chi connectivity index (χ3n) is 6.90. The SMILES string of the molecule is CCCCC(CCCCC(=O)c1ccc(S(C)=O)c(NC(N)=O)c1)N1CCN(c2ccccc2)CC1. The van der Waals surface area contributed by atoms with E-state index in [1.54, 1.807) is 18.2 Å². The third-order valence-corrected chi connectivity index (χ3v) is 7.88. The molecule has 196 valence electrons. The number of urea groups is 1. The fourth-order valence-corrected chi connectivity index (χ4v) is 5.61. The number of benzene rings is 2. The van der Waals surface area contributed by atoms with Crippen molar-refractivity contribution in [3.8, 4) is 0 Å². The lowest BCUT2D eigenvalue weighted by Crippen LogP contribution is -2.50. The van der Waals surface area contributed by atoms with Crippen LogP contribution in [-0.2, 0) is 10.8 Å². The number of nitrogens with zero attached hydrogens (tertiary/aromatic N) is 2. The Kier molecular flexibility index (Phi) is 10.9. The molecule has 2 atom stereocenters. The molecule has 3 N–H and O–H groups in total. The summed E-state index contributed by atoms with van der Waals surface area (Å²) in [6.07, 6.45) is 8.52. The van der Waals surface area contributed by atoms with Gasteiger partial charge in [0.15, 0.2) is 5.78 Å². The van der Waals surface area contributed by atoms with Crippen molar-refractivity contribution < 1.29 is 13.8 Å². The highest BCUT2D eigenvalue weighted by atomic mass is 32.2. The molecule has 36 heavy (non-hydrogen) atoms. The first-order chi connectivity index (χ1) is 17.4. The van der Waals surface area contributed by atoms with Gasteiger partial charge in [0.25, 0.3) is 0 Å². The van der Waals surface area contributed by atoms with Gasteiger partial charge in [0, 0.05) is 56.1 Å². The Balaban J connectivity index is 1.50. The van der Waals surface area contributed by atoms with Crippen LogP contribution in [0, 0.1) is 0 Å². The highest BCUT2D eigenvalue weighted by Crippen LogP contribution is 2.24. The van der Waals surface area contributed by atoms with E-state index in [2.05, 4.69) is 52.4 Å². The van der Waals surface area contributed by atoms with Crippen molar-refractivity contribution >= 4 is 34.0 Å². The molecule has 7 nitrogen and oxygen atoms in total. The van der Waals surface area contributed by atoms with E-state index >= 15 is 0 Å². The Bertz CT molecular complexity index is 1020. The number of unbranched alkanes of at least 4 members (excludes halogenated alkanes) is 2. The molecule has 8 heteroatoms. The minimum absolute atomic E-state index is 0.0255. The second kappa shape index (κ2) is 14.1. The second-order valence-corrected chi connectivity index (χ2v) is 10.8. The van der Waals surface area contributed by atoms with Gasteiger partial charge in [0.2, 0.25) is 0 Å². The first-order valence-electron chi connectivity index (χ1n) is 13.0. The quantitative estimate of drug-likeness (QED) is 0.290. The number of carbonyl (C=O) groups excluding carboxylic acids is 2. The zero-order chi connectivity index (χ0) is 25.9. The molecule has 2 aromatic rings. The molecule has 0 bridgehead atoms. The number of hydrogen-bond donors (Lipinski definition) is 2. The highest BCUT2D eigenvalue weighted by Gasteiger charge is 2.23. The standard InChI is InChI=1S/C28H40N4O3S/c1-3-4-10-23(31-17-19-32(20-18-31)24-11-6-5-7-12-24)13-8-9-14-26(33)22-15-16-27(36(2)35)25(21-22)30-28(29)34/h5-7,11-12,15-16,21,23H,3-4,8-10,13-14,17-20H2,1-2H3,(H3,29,30,34). The smallest absolute Gasteiger partial charge is 0.316 e. The molecule has 0 radical (unpaired) electrons. The largest absolute Gasteiger partial charge is 0.369 e. The van der Waals surface area contributed by atoms with Crippen LogP contribution in [0.4, 0.5) is 16.2 Å². The monoisotopic (exact) mass is 512 g/mol. The molecule has 0 spiro atoms. The zero-order valence-corrected chi connectivity index (χ0v) is 22.4. The summed E-state index contributed by atoms with van der Waals surface area (Å²) in [7, 11) is -1.30. The Morgan fingerprint density at radius 3 is 2.33 bits per heavy atom. The van der Waals surface area contributed by atoms with E-state index in [1.165, 1.54) is 31.2 Å². The van der Waals surface area contributed by atoms with Crippen LogP contribution in [0.1, 0.15) is 62.2 Å². The lowest BCUT2D eigenvalue weighted by atomic mass is 9.98. The molecule has 2 aromatic carbocycles. The van der Waals surface area contributed by atoms with Crippen molar-refractivity contribution in [2.45, 2.75) is 62.8 Å². The third kappa shape index (κ3) is 8.17. The van der Waals surface area contributed by atoms with Crippen molar-refractivity contribution in [1.29, 1.82) is 0 Å². The number of nitrogens with one attached hydrogen (secondary N) is 1. The van der Waals surface area contributed by atoms with Crippen LogP contribution in [0.25, 0.3) is 0 Å². The average Bonchev–Trinajstić information content (AvgIpc) is 2.88. The first-order valence-corrected chi connectivity index (χ1v) is 14.6. The van der Waals surface area contributed by atoms with E-state index in [9.17, 15) is 13.8 Å². The Morgan fingerprint density at radius 2 is 1.69 bits per heavy atom. The Hall–Kier alpha value is -2.71. The van der Waals surface area contributed by atoms with Crippen LogP contribution in [0.2, 0.25) is 0 Å². The molecule has 1 aliphatic rings. The van der Waals surface area contributed by atoms with E-state index < -0.39 is 16.8 Å². The summed E-state index contributed by atoms with van der Waals surface area (Å²) < 4.78 is 11.9. The summed E-state index contributed by atoms with van der Waals surface area (Å²) in [5, 5.41) is 2.49. The maximum atomic E-state index is 12.8. The number of anilines is 2. The molecule has 2 unspecified atom stereocenters. The van der Waals surface area contributed by atoms with E-state index in [0.29, 0.717) is 28.6 Å². The van der Waals surface area contributed by atoms with Gasteiger partial charge in [-0.1, -0.05) is 50.5 Å². The van der Waals surface area contributed by atoms with Gasteiger partial charge in [-0.3, -0.25) is 13.9 Å². The molecule has 0 aliphatic carbocycles. The van der Waals surface area contributed by atoms with E-state index in [1.807, 2.05) is 0 Å². The Morgan fingerprint density at radius 1 is 1.00 bits per heavy atom. The van der Waals surface area contributed by atoms with Crippen molar-refractivity contribution in [3.05, 3.63) is 54.1 Å². The van der Waals surface area contributed by atoms with Gasteiger partial charge in [-0.25, -0.2) is 4.79 Å². The molecule has 1 aliphatic heterocycles. The topological polar surface area (TPSA) is 95.7 Å². The number of primary amides is 1. The minimum Gasteiger partial charge on any atom is -0.369 e. The van der Waals surface area contributed by atoms with E-state index in [4.69, 9.17) is 5.73 Å². The van der Waals surface area contributed by atoms with Gasteiger partial charge < -0.3 is 16.0 Å². The Labute approximate surface area is 217 Å². The summed E-state index contributed by atoms with van der Waals surface area (Å²) >= 11 is 0. The fraction of sp³-hybridized carbons (Fsp3) is 0.500. The number of hydrogen-bond acceptors (Lipinski definition) is 5. The van der Waals surface area contributed by atoms with Crippen molar-refractivity contribution in [3.63, 3.8) is 0 Å². The van der Waals surface area contributed by atoms with Gasteiger partial charge in [-0.15, -0.1) is 0 Å². The lowest BCUT2D eigenvalue weighted by Gasteiger charge is -2.40. The van der Waals surface area contributed by atoms with Crippen LogP contribution in [0.3, 0.4) is 0 Å². The molecular weight excluding hydrogens is 472 g/mol. The van der Waals surface area contributed by atoms with Crippen LogP contribution < -0.4 is 16.0 Å². The summed E-state index contributed by atoms with van der Waals surface area (Å²) in [6, 6.07) is 15.3. The molecule has 0 saturated carbocycles. The van der Waals surface area contributed by atoms with Crippen molar-refractivity contribution in [1.82, 2.24) is 4.90 Å². The number of Topliss-reactive ketones (excluding diaryl/α,β-unsaturated/α-hetero) is 1. The van der Waals surface area contributed by atoms with Crippen LogP contribution >= 0.6 is 0 Å². The number of nitrogens with two attached hydrogens (primary N) is 1. The number of rotatable bonds is 13. The van der Waals surface area contributed by atoms with Crippen LogP contribution in [-0.4, -0.2) is 59.4 Å². The van der Waals surface area contributed by atoms with Crippen molar-refractivity contribution in [2.24, 2.45) is 5.73 Å². The summed E-state index contributed by atoms with van der Waals surface area (Å²) in [5.41, 5.74) is 7.38. The molecule has 1 heterocycles. The van der Waals surface area contributed by atoms with Crippen molar-refractivity contribution in [2.75, 3.05) is 42.7 Å². The molecular formula is C28H40N4O3S. The first kappa shape index (κ1) is 27.9. The number of amides is 2. The second-order valence-electron chi connectivity index (χ2n) is 9.48. The highest BCUT2D eigenvalue weighted by molar-refractivity contribution is 7.84. The number of ketones is 1. The number of carbonyl (C=O) groups is 2. The van der Waals surface area contributed by atoms with Gasteiger partial charge >= 0.3 is 6.03 Å². The normalized spacial score (nSPS) is 15.9. The fourth-order valence-electron chi connectivity index (χ4n) is 4.93.